The number of hydrogen-bond donors (Lipinski definition) is 1. The van der Waals surface area contributed by atoms with Crippen molar-refractivity contribution in [2.45, 2.75) is 12.3 Å². The van der Waals surface area contributed by atoms with E-state index < -0.39 is 29.7 Å². The second-order valence-electron chi connectivity index (χ2n) is 6.57. The molecule has 0 aliphatic carbocycles. The minimum Gasteiger partial charge on any atom is -0.444 e. The van der Waals surface area contributed by atoms with Crippen LogP contribution in [-0.2, 0) is 15.7 Å². The quantitative estimate of drug-likeness (QED) is 0.492. The molecule has 0 saturated carbocycles. The van der Waals surface area contributed by atoms with Gasteiger partial charge in [-0.05, 0) is 42.5 Å². The van der Waals surface area contributed by atoms with E-state index in [2.05, 4.69) is 5.32 Å². The zero-order valence-corrected chi connectivity index (χ0v) is 16.9. The van der Waals surface area contributed by atoms with Gasteiger partial charge in [0.05, 0.1) is 33.5 Å². The molecule has 32 heavy (non-hydrogen) atoms. The molecule has 1 amide bonds. The lowest BCUT2D eigenvalue weighted by Crippen LogP contribution is -2.26. The molecule has 0 aromatic heterocycles. The Labute approximate surface area is 186 Å². The summed E-state index contributed by atoms with van der Waals surface area (Å²) in [6.07, 6.45) is -6.10. The Morgan fingerprint density at radius 1 is 1.00 bits per heavy atom. The number of benzene rings is 3. The first-order valence-corrected chi connectivity index (χ1v) is 9.50. The van der Waals surface area contributed by atoms with Crippen LogP contribution in [0.15, 0.2) is 72.8 Å². The molecule has 0 heterocycles. The van der Waals surface area contributed by atoms with Crippen LogP contribution in [0.4, 0.5) is 18.9 Å². The van der Waals surface area contributed by atoms with Gasteiger partial charge in [-0.15, -0.1) is 0 Å². The molecular weight excluding hydrogens is 445 g/mol. The highest BCUT2D eigenvalue weighted by Gasteiger charge is 2.32. The van der Waals surface area contributed by atoms with Gasteiger partial charge in [0.1, 0.15) is 0 Å². The number of hydrogen-bond acceptors (Lipinski definition) is 4. The van der Waals surface area contributed by atoms with Crippen molar-refractivity contribution in [1.82, 2.24) is 0 Å². The monoisotopic (exact) mass is 458 g/mol. The predicted molar refractivity (Wildman–Crippen MR) is 111 cm³/mol. The Balaban J connectivity index is 1.89. The van der Waals surface area contributed by atoms with Crippen LogP contribution in [0, 0.1) is 11.3 Å². The van der Waals surface area contributed by atoms with Gasteiger partial charge in [-0.3, -0.25) is 4.79 Å². The summed E-state index contributed by atoms with van der Waals surface area (Å²) in [5.41, 5.74) is -0.548. The highest BCUT2D eigenvalue weighted by atomic mass is 35.5. The van der Waals surface area contributed by atoms with Crippen molar-refractivity contribution in [3.05, 3.63) is 100 Å². The molecule has 0 radical (unpaired) electrons. The van der Waals surface area contributed by atoms with E-state index in [0.717, 1.165) is 12.1 Å². The molecule has 0 saturated heterocycles. The summed E-state index contributed by atoms with van der Waals surface area (Å²) >= 11 is 5.96. The van der Waals surface area contributed by atoms with Crippen LogP contribution in [-0.4, -0.2) is 11.9 Å². The van der Waals surface area contributed by atoms with Crippen LogP contribution in [0.1, 0.15) is 33.2 Å². The van der Waals surface area contributed by atoms with Gasteiger partial charge in [0.15, 0.2) is 0 Å². The van der Waals surface area contributed by atoms with Crippen LogP contribution in [0.3, 0.4) is 0 Å². The van der Waals surface area contributed by atoms with Crippen LogP contribution in [0.25, 0.3) is 0 Å². The van der Waals surface area contributed by atoms with E-state index >= 15 is 0 Å². The number of anilines is 1. The summed E-state index contributed by atoms with van der Waals surface area (Å²) in [7, 11) is 0. The predicted octanol–water partition coefficient (Wildman–Crippen LogP) is 5.77. The van der Waals surface area contributed by atoms with Gasteiger partial charge in [0.25, 0.3) is 5.91 Å². The first-order chi connectivity index (χ1) is 15.2. The lowest BCUT2D eigenvalue weighted by molar-refractivity contribution is -0.137. The molecule has 0 bridgehead atoms. The third-order valence-corrected chi connectivity index (χ3v) is 4.70. The van der Waals surface area contributed by atoms with Crippen molar-refractivity contribution in [3.63, 3.8) is 0 Å². The average molecular weight is 459 g/mol. The van der Waals surface area contributed by atoms with Gasteiger partial charge in [-0.25, -0.2) is 4.79 Å². The Morgan fingerprint density at radius 3 is 2.25 bits per heavy atom. The second-order valence-corrected chi connectivity index (χ2v) is 6.97. The van der Waals surface area contributed by atoms with Gasteiger partial charge in [0, 0.05) is 5.56 Å². The van der Waals surface area contributed by atoms with Crippen LogP contribution < -0.4 is 5.32 Å². The Kier molecular flexibility index (Phi) is 6.81. The fourth-order valence-corrected chi connectivity index (χ4v) is 2.92. The maximum Gasteiger partial charge on any atom is 0.416 e. The number of rotatable bonds is 5. The lowest BCUT2D eigenvalue weighted by atomic mass is 10.1. The summed E-state index contributed by atoms with van der Waals surface area (Å²) in [6.45, 7) is 0. The van der Waals surface area contributed by atoms with Gasteiger partial charge in [0.2, 0.25) is 6.10 Å². The lowest BCUT2D eigenvalue weighted by Gasteiger charge is -2.19. The zero-order valence-electron chi connectivity index (χ0n) is 16.2. The van der Waals surface area contributed by atoms with E-state index in [0.29, 0.717) is 17.2 Å². The van der Waals surface area contributed by atoms with Crippen molar-refractivity contribution >= 4 is 29.2 Å². The van der Waals surface area contributed by atoms with E-state index in [4.69, 9.17) is 21.6 Å². The fourth-order valence-electron chi connectivity index (χ4n) is 2.75. The summed E-state index contributed by atoms with van der Waals surface area (Å²) < 4.78 is 44.5. The molecule has 162 valence electrons. The van der Waals surface area contributed by atoms with Gasteiger partial charge in [-0.2, -0.15) is 18.4 Å². The van der Waals surface area contributed by atoms with Crippen molar-refractivity contribution in [2.75, 3.05) is 5.32 Å². The number of carbonyl (C=O) groups excluding carboxylic acids is 2. The van der Waals surface area contributed by atoms with E-state index in [1.807, 2.05) is 6.07 Å². The Bertz CT molecular complexity index is 1170. The van der Waals surface area contributed by atoms with Gasteiger partial charge < -0.3 is 10.1 Å². The fraction of sp³-hybridized carbons (Fsp3) is 0.0870. The third kappa shape index (κ3) is 5.45. The first kappa shape index (κ1) is 22.8. The largest absolute Gasteiger partial charge is 0.444 e. The molecule has 5 nitrogen and oxygen atoms in total. The number of nitriles is 1. The number of amides is 1. The minimum absolute atomic E-state index is 0.0924. The minimum atomic E-state index is -4.63. The summed E-state index contributed by atoms with van der Waals surface area (Å²) in [6, 6.07) is 18.0. The number of alkyl halides is 3. The number of halogens is 4. The molecule has 3 aromatic rings. The number of ether oxygens (including phenoxy) is 1. The molecule has 0 unspecified atom stereocenters. The van der Waals surface area contributed by atoms with E-state index in [-0.39, 0.29) is 16.3 Å². The smallest absolute Gasteiger partial charge is 0.416 e. The number of nitrogens with zero attached hydrogens (tertiary/aromatic N) is 1. The highest BCUT2D eigenvalue weighted by molar-refractivity contribution is 6.33. The molecule has 1 N–H and O–H groups in total. The summed E-state index contributed by atoms with van der Waals surface area (Å²) in [4.78, 5) is 25.5. The maximum absolute atomic E-state index is 13.0. The topological polar surface area (TPSA) is 79.2 Å². The number of esters is 1. The molecule has 1 atom stereocenters. The molecule has 9 heteroatoms. The van der Waals surface area contributed by atoms with Crippen molar-refractivity contribution in [3.8, 4) is 6.07 Å². The average Bonchev–Trinajstić information content (AvgIpc) is 2.78. The molecule has 3 aromatic carbocycles. The first-order valence-electron chi connectivity index (χ1n) is 9.13. The number of nitrogens with one attached hydrogen (secondary N) is 1. The normalized spacial score (nSPS) is 11.8. The maximum atomic E-state index is 13.0. The molecular formula is C23H14ClF3N2O3. The van der Waals surface area contributed by atoms with Gasteiger partial charge >= 0.3 is 12.1 Å². The van der Waals surface area contributed by atoms with Crippen molar-refractivity contribution in [2.24, 2.45) is 0 Å². The number of carbonyl (C=O) groups is 2. The Hall–Kier alpha value is -3.83. The van der Waals surface area contributed by atoms with Crippen LogP contribution in [0.2, 0.25) is 5.02 Å². The van der Waals surface area contributed by atoms with Crippen molar-refractivity contribution in [1.29, 1.82) is 5.26 Å². The molecule has 0 aliphatic heterocycles. The van der Waals surface area contributed by atoms with Crippen molar-refractivity contribution < 1.29 is 27.5 Å². The third-order valence-electron chi connectivity index (χ3n) is 4.37. The summed E-state index contributed by atoms with van der Waals surface area (Å²) in [5.74, 6) is -1.74. The van der Waals surface area contributed by atoms with Gasteiger partial charge in [-0.1, -0.05) is 41.9 Å². The summed E-state index contributed by atoms with van der Waals surface area (Å²) in [5, 5.41) is 11.1. The van der Waals surface area contributed by atoms with Crippen LogP contribution in [0.5, 0.6) is 0 Å². The Morgan fingerprint density at radius 2 is 1.66 bits per heavy atom. The van der Waals surface area contributed by atoms with E-state index in [1.54, 1.807) is 18.2 Å². The molecule has 0 aliphatic rings. The molecule has 0 fully saturated rings. The molecule has 0 spiro atoms. The molecule has 3 rings (SSSR count). The van der Waals surface area contributed by atoms with E-state index in [1.165, 1.54) is 36.4 Å². The standard InChI is InChI=1S/C23H14ClF3N2O3/c24-18-11-10-17(23(25,26)27)12-19(18)29-21(30)20(15-4-2-1-3-5-15)32-22(31)16-8-6-14(13-28)7-9-16/h1-12,20H,(H,29,30)/t20-/m0/s1. The van der Waals surface area contributed by atoms with Crippen LogP contribution >= 0.6 is 11.6 Å². The van der Waals surface area contributed by atoms with E-state index in [9.17, 15) is 22.8 Å². The highest BCUT2D eigenvalue weighted by Crippen LogP contribution is 2.34. The SMILES string of the molecule is N#Cc1ccc(C(=O)O[C@H](C(=O)Nc2cc(C(F)(F)F)ccc2Cl)c2ccccc2)cc1. The second kappa shape index (κ2) is 9.54. The zero-order chi connectivity index (χ0) is 23.3.